The zero-order chi connectivity index (χ0) is 15.0. The van der Waals surface area contributed by atoms with Crippen molar-refractivity contribution >= 4 is 34.8 Å². The van der Waals surface area contributed by atoms with Gasteiger partial charge in [-0.15, -0.1) is 0 Å². The average molecular weight is 321 g/mol. The van der Waals surface area contributed by atoms with Gasteiger partial charge in [-0.3, -0.25) is 4.79 Å². The molecule has 21 heavy (non-hydrogen) atoms. The number of hydrogen-bond donors (Lipinski definition) is 0. The van der Waals surface area contributed by atoms with Gasteiger partial charge in [-0.2, -0.15) is 0 Å². The molecule has 1 aliphatic rings. The Morgan fingerprint density at radius 3 is 2.86 bits per heavy atom. The maximum absolute atomic E-state index is 12.8. The van der Waals surface area contributed by atoms with Crippen LogP contribution in [-0.2, 0) is 6.42 Å². The van der Waals surface area contributed by atoms with Crippen molar-refractivity contribution in [3.8, 4) is 0 Å². The van der Waals surface area contributed by atoms with Crippen molar-refractivity contribution in [2.24, 2.45) is 0 Å². The van der Waals surface area contributed by atoms with E-state index in [0.717, 1.165) is 18.5 Å². The summed E-state index contributed by atoms with van der Waals surface area (Å²) >= 11 is 11.8. The smallest absolute Gasteiger partial charge is 0.260 e. The van der Waals surface area contributed by atoms with Gasteiger partial charge in [-0.1, -0.05) is 41.4 Å². The number of rotatable bonds is 1. The third-order valence-corrected chi connectivity index (χ3v) is 4.47. The van der Waals surface area contributed by atoms with E-state index in [1.165, 1.54) is 11.8 Å². The molecule has 1 aromatic carbocycles. The van der Waals surface area contributed by atoms with Gasteiger partial charge in [0.2, 0.25) is 0 Å². The lowest BCUT2D eigenvalue weighted by Crippen LogP contribution is -2.42. The van der Waals surface area contributed by atoms with E-state index in [0.29, 0.717) is 10.6 Å². The number of aryl methyl sites for hydroxylation is 1. The molecule has 108 valence electrons. The first-order valence-corrected chi connectivity index (χ1v) is 7.56. The summed E-state index contributed by atoms with van der Waals surface area (Å²) in [5, 5.41) is 0.501. The molecule has 2 heterocycles. The van der Waals surface area contributed by atoms with Gasteiger partial charge in [0.15, 0.2) is 0 Å². The highest BCUT2D eigenvalue weighted by Gasteiger charge is 2.29. The van der Waals surface area contributed by atoms with Gasteiger partial charge >= 0.3 is 0 Å². The number of hydrogen-bond acceptors (Lipinski definition) is 2. The molecule has 1 atom stereocenters. The van der Waals surface area contributed by atoms with Crippen molar-refractivity contribution < 1.29 is 4.79 Å². The number of nitrogens with zero attached hydrogens (tertiary/aromatic N) is 2. The van der Waals surface area contributed by atoms with Crippen LogP contribution in [0.15, 0.2) is 36.5 Å². The van der Waals surface area contributed by atoms with E-state index in [-0.39, 0.29) is 17.1 Å². The number of pyridine rings is 1. The number of benzene rings is 1. The van der Waals surface area contributed by atoms with Crippen LogP contribution in [0.5, 0.6) is 0 Å². The molecular formula is C16H14Cl2N2O. The lowest BCUT2D eigenvalue weighted by Gasteiger charge is -2.35. The number of anilines is 1. The van der Waals surface area contributed by atoms with Crippen LogP contribution in [0.1, 0.15) is 29.3 Å². The quantitative estimate of drug-likeness (QED) is 0.731. The van der Waals surface area contributed by atoms with Crippen molar-refractivity contribution in [3.05, 3.63) is 57.8 Å². The number of fused-ring (bicyclic) bond motifs is 1. The van der Waals surface area contributed by atoms with Crippen molar-refractivity contribution in [3.63, 3.8) is 0 Å². The van der Waals surface area contributed by atoms with Crippen LogP contribution < -0.4 is 4.90 Å². The first-order valence-electron chi connectivity index (χ1n) is 6.80. The minimum atomic E-state index is -0.0966. The van der Waals surface area contributed by atoms with E-state index < -0.39 is 0 Å². The van der Waals surface area contributed by atoms with E-state index in [1.54, 1.807) is 6.07 Å². The van der Waals surface area contributed by atoms with Crippen molar-refractivity contribution in [2.45, 2.75) is 25.8 Å². The van der Waals surface area contributed by atoms with E-state index in [1.807, 2.05) is 23.1 Å². The number of carbonyl (C=O) groups excluding carboxylic acids is 1. The minimum absolute atomic E-state index is 0.0966. The van der Waals surface area contributed by atoms with Crippen LogP contribution >= 0.6 is 23.2 Å². The van der Waals surface area contributed by atoms with Gasteiger partial charge in [-0.05, 0) is 37.5 Å². The van der Waals surface area contributed by atoms with Gasteiger partial charge in [0.1, 0.15) is 5.15 Å². The highest BCUT2D eigenvalue weighted by Crippen LogP contribution is 2.32. The van der Waals surface area contributed by atoms with Gasteiger partial charge < -0.3 is 4.90 Å². The van der Waals surface area contributed by atoms with Gasteiger partial charge in [0.05, 0.1) is 10.6 Å². The Bertz CT molecular complexity index is 702. The molecule has 0 radical (unpaired) electrons. The molecule has 5 heteroatoms. The minimum Gasteiger partial charge on any atom is -0.305 e. The summed E-state index contributed by atoms with van der Waals surface area (Å²) in [7, 11) is 0. The van der Waals surface area contributed by atoms with E-state index >= 15 is 0 Å². The van der Waals surface area contributed by atoms with Crippen LogP contribution in [0.3, 0.4) is 0 Å². The number of halogens is 2. The molecule has 0 saturated carbocycles. The molecule has 1 amide bonds. The van der Waals surface area contributed by atoms with E-state index in [4.69, 9.17) is 23.2 Å². The van der Waals surface area contributed by atoms with E-state index in [9.17, 15) is 4.79 Å². The highest BCUT2D eigenvalue weighted by molar-refractivity contribution is 6.41. The van der Waals surface area contributed by atoms with Crippen LogP contribution in [0.4, 0.5) is 5.69 Å². The average Bonchev–Trinajstić information content (AvgIpc) is 2.49. The summed E-state index contributed by atoms with van der Waals surface area (Å²) in [6.45, 7) is 2.05. The third-order valence-electron chi connectivity index (χ3n) is 3.79. The summed E-state index contributed by atoms with van der Waals surface area (Å²) in [6, 6.07) is 9.70. The van der Waals surface area contributed by atoms with E-state index in [2.05, 4.69) is 18.0 Å². The monoisotopic (exact) mass is 320 g/mol. The molecule has 0 saturated heterocycles. The topological polar surface area (TPSA) is 33.2 Å². The number of para-hydroxylation sites is 1. The Morgan fingerprint density at radius 1 is 1.33 bits per heavy atom. The van der Waals surface area contributed by atoms with Crippen LogP contribution in [-0.4, -0.2) is 16.9 Å². The Balaban J connectivity index is 2.02. The molecule has 3 rings (SSSR count). The summed E-state index contributed by atoms with van der Waals surface area (Å²) in [6.07, 6.45) is 3.40. The fourth-order valence-electron chi connectivity index (χ4n) is 2.68. The highest BCUT2D eigenvalue weighted by atomic mass is 35.5. The van der Waals surface area contributed by atoms with Crippen molar-refractivity contribution in [1.82, 2.24) is 4.98 Å². The zero-order valence-electron chi connectivity index (χ0n) is 11.5. The molecule has 1 aromatic heterocycles. The number of aromatic nitrogens is 1. The SMILES string of the molecule is CC1CCc2ccccc2N1C(=O)c1cnc(Cl)c(Cl)c1. The fraction of sp³-hybridized carbons (Fsp3) is 0.250. The molecule has 0 fully saturated rings. The maximum atomic E-state index is 12.8. The molecule has 1 unspecified atom stereocenters. The summed E-state index contributed by atoms with van der Waals surface area (Å²) < 4.78 is 0. The maximum Gasteiger partial charge on any atom is 0.260 e. The fourth-order valence-corrected chi connectivity index (χ4v) is 2.94. The molecule has 1 aliphatic heterocycles. The summed E-state index contributed by atoms with van der Waals surface area (Å²) in [4.78, 5) is 18.6. The predicted molar refractivity (Wildman–Crippen MR) is 85.3 cm³/mol. The number of carbonyl (C=O) groups is 1. The second-order valence-electron chi connectivity index (χ2n) is 5.19. The molecule has 0 bridgehead atoms. The molecule has 0 spiro atoms. The lowest BCUT2D eigenvalue weighted by atomic mass is 9.96. The summed E-state index contributed by atoms with van der Waals surface area (Å²) in [5.41, 5.74) is 2.61. The molecule has 2 aromatic rings. The Labute approximate surface area is 133 Å². The van der Waals surface area contributed by atoms with Crippen molar-refractivity contribution in [2.75, 3.05) is 4.90 Å². The Morgan fingerprint density at radius 2 is 2.10 bits per heavy atom. The lowest BCUT2D eigenvalue weighted by molar-refractivity contribution is 0.0975. The first-order chi connectivity index (χ1) is 10.1. The summed E-state index contributed by atoms with van der Waals surface area (Å²) in [5.74, 6) is -0.0966. The van der Waals surface area contributed by atoms with Gasteiger partial charge in [0, 0.05) is 17.9 Å². The molecule has 0 N–H and O–H groups in total. The van der Waals surface area contributed by atoms with Crippen LogP contribution in [0.25, 0.3) is 0 Å². The molecular weight excluding hydrogens is 307 g/mol. The Hall–Kier alpha value is -1.58. The van der Waals surface area contributed by atoms with Crippen LogP contribution in [0, 0.1) is 0 Å². The standard InChI is InChI=1S/C16H14Cl2N2O/c1-10-6-7-11-4-2-3-5-14(11)20(10)16(21)12-8-13(17)15(18)19-9-12/h2-5,8-10H,6-7H2,1H3. The normalized spacial score (nSPS) is 17.5. The molecule has 3 nitrogen and oxygen atoms in total. The van der Waals surface area contributed by atoms with Crippen LogP contribution in [0.2, 0.25) is 10.2 Å². The first kappa shape index (κ1) is 14.4. The van der Waals surface area contributed by atoms with Gasteiger partial charge in [0.25, 0.3) is 5.91 Å². The second kappa shape index (κ2) is 5.66. The van der Waals surface area contributed by atoms with Crippen molar-refractivity contribution in [1.29, 1.82) is 0 Å². The third kappa shape index (κ3) is 2.63. The predicted octanol–water partition coefficient (Wildman–Crippen LogP) is 4.37. The van der Waals surface area contributed by atoms with Gasteiger partial charge in [-0.25, -0.2) is 4.98 Å². The number of amides is 1. The largest absolute Gasteiger partial charge is 0.305 e. The second-order valence-corrected chi connectivity index (χ2v) is 5.95. The molecule has 0 aliphatic carbocycles. The zero-order valence-corrected chi connectivity index (χ0v) is 13.0. The Kier molecular flexibility index (Phi) is 3.87.